The third kappa shape index (κ3) is 2.48. The molecule has 0 aliphatic heterocycles. The van der Waals surface area contributed by atoms with Gasteiger partial charge in [-0.25, -0.2) is 0 Å². The molecule has 0 unspecified atom stereocenters. The molecule has 2 N–H and O–H groups in total. The van der Waals surface area contributed by atoms with Crippen molar-refractivity contribution in [2.24, 2.45) is 0 Å². The first-order chi connectivity index (χ1) is 8.22. The van der Waals surface area contributed by atoms with E-state index in [1.54, 1.807) is 12.1 Å². The molecule has 0 amide bonds. The van der Waals surface area contributed by atoms with Gasteiger partial charge < -0.3 is 10.5 Å². The number of carbonyl (C=O) groups is 1. The van der Waals surface area contributed by atoms with Crippen molar-refractivity contribution in [2.75, 3.05) is 5.73 Å². The fourth-order valence-electron chi connectivity index (χ4n) is 1.80. The van der Waals surface area contributed by atoms with Crippen molar-refractivity contribution in [3.63, 3.8) is 0 Å². The van der Waals surface area contributed by atoms with Crippen LogP contribution in [0.25, 0.3) is 11.1 Å². The molecular formula is C14H12ClNO. The maximum Gasteiger partial charge on any atom is 0.124 e. The van der Waals surface area contributed by atoms with E-state index in [9.17, 15) is 4.79 Å². The predicted octanol–water partition coefficient (Wildman–Crippen LogP) is 3.33. The van der Waals surface area contributed by atoms with Crippen molar-refractivity contribution >= 4 is 23.6 Å². The Kier molecular flexibility index (Phi) is 3.45. The normalized spacial score (nSPS) is 10.2. The molecule has 2 aromatic rings. The summed E-state index contributed by atoms with van der Waals surface area (Å²) < 4.78 is 0. The van der Waals surface area contributed by atoms with E-state index in [-0.39, 0.29) is 0 Å². The second-order valence-corrected chi connectivity index (χ2v) is 4.17. The summed E-state index contributed by atoms with van der Waals surface area (Å²) in [5, 5.41) is 0.600. The molecule has 0 bridgehead atoms. The number of halogens is 1. The molecule has 0 aliphatic carbocycles. The number of nitrogen functional groups attached to an aromatic ring is 1. The van der Waals surface area contributed by atoms with Crippen LogP contribution in [0.5, 0.6) is 0 Å². The minimum Gasteiger partial charge on any atom is -0.399 e. The Bertz CT molecular complexity index is 552. The second-order valence-electron chi connectivity index (χ2n) is 3.77. The van der Waals surface area contributed by atoms with Gasteiger partial charge in [0.2, 0.25) is 0 Å². The van der Waals surface area contributed by atoms with Crippen LogP contribution in [0.15, 0.2) is 42.5 Å². The number of hydrogen-bond acceptors (Lipinski definition) is 2. The molecule has 0 radical (unpaired) electrons. The maximum atomic E-state index is 10.6. The molecule has 0 aliphatic rings. The minimum absolute atomic E-state index is 0.386. The lowest BCUT2D eigenvalue weighted by molar-refractivity contribution is -0.107. The number of hydrogen-bond donors (Lipinski definition) is 1. The molecule has 0 fully saturated rings. The van der Waals surface area contributed by atoms with Gasteiger partial charge in [0.25, 0.3) is 0 Å². The van der Waals surface area contributed by atoms with Gasteiger partial charge in [0.1, 0.15) is 6.29 Å². The van der Waals surface area contributed by atoms with Crippen LogP contribution >= 0.6 is 11.6 Å². The van der Waals surface area contributed by atoms with Gasteiger partial charge in [-0.1, -0.05) is 41.9 Å². The molecule has 0 spiro atoms. The van der Waals surface area contributed by atoms with Gasteiger partial charge in [0.15, 0.2) is 0 Å². The molecule has 86 valence electrons. The van der Waals surface area contributed by atoms with Gasteiger partial charge in [-0.15, -0.1) is 0 Å². The molecule has 0 atom stereocenters. The van der Waals surface area contributed by atoms with E-state index >= 15 is 0 Å². The van der Waals surface area contributed by atoms with Crippen molar-refractivity contribution in [2.45, 2.75) is 6.42 Å². The summed E-state index contributed by atoms with van der Waals surface area (Å²) in [6, 6.07) is 13.1. The third-order valence-electron chi connectivity index (χ3n) is 2.60. The molecule has 3 heteroatoms. The van der Waals surface area contributed by atoms with E-state index in [0.717, 1.165) is 23.0 Å². The predicted molar refractivity (Wildman–Crippen MR) is 71.1 cm³/mol. The van der Waals surface area contributed by atoms with Crippen molar-refractivity contribution < 1.29 is 4.79 Å². The Morgan fingerprint density at radius 3 is 2.59 bits per heavy atom. The topological polar surface area (TPSA) is 43.1 Å². The molecule has 2 rings (SSSR count). The maximum absolute atomic E-state index is 10.6. The van der Waals surface area contributed by atoms with E-state index in [4.69, 9.17) is 17.3 Å². The number of rotatable bonds is 3. The zero-order valence-corrected chi connectivity index (χ0v) is 9.95. The number of benzene rings is 2. The van der Waals surface area contributed by atoms with Crippen LogP contribution < -0.4 is 5.73 Å². The quantitative estimate of drug-likeness (QED) is 0.666. The Morgan fingerprint density at radius 1 is 1.12 bits per heavy atom. The lowest BCUT2D eigenvalue weighted by atomic mass is 9.98. The first kappa shape index (κ1) is 11.7. The molecule has 0 saturated heterocycles. The van der Waals surface area contributed by atoms with E-state index < -0.39 is 0 Å². The monoisotopic (exact) mass is 245 g/mol. The van der Waals surface area contributed by atoms with Crippen molar-refractivity contribution in [1.82, 2.24) is 0 Å². The number of carbonyl (C=O) groups excluding carboxylic acids is 1. The van der Waals surface area contributed by atoms with E-state index in [0.29, 0.717) is 17.1 Å². The van der Waals surface area contributed by atoms with Crippen LogP contribution in [-0.4, -0.2) is 6.29 Å². The lowest BCUT2D eigenvalue weighted by Crippen LogP contribution is -1.92. The Balaban J connectivity index is 2.55. The van der Waals surface area contributed by atoms with Gasteiger partial charge in [-0.05, 0) is 23.3 Å². The van der Waals surface area contributed by atoms with Gasteiger partial charge in [-0.3, -0.25) is 0 Å². The Hall–Kier alpha value is -1.80. The van der Waals surface area contributed by atoms with Gasteiger partial charge in [0, 0.05) is 17.7 Å². The summed E-state index contributed by atoms with van der Waals surface area (Å²) in [5.41, 5.74) is 9.14. The van der Waals surface area contributed by atoms with Gasteiger partial charge in [0.05, 0.1) is 5.02 Å². The fourth-order valence-corrected chi connectivity index (χ4v) is 2.09. The second kappa shape index (κ2) is 5.02. The molecule has 2 aromatic carbocycles. The summed E-state index contributed by atoms with van der Waals surface area (Å²) in [6.07, 6.45) is 1.28. The summed E-state index contributed by atoms with van der Waals surface area (Å²) in [4.78, 5) is 10.6. The molecule has 0 heterocycles. The average Bonchev–Trinajstić information content (AvgIpc) is 2.31. The highest BCUT2D eigenvalue weighted by atomic mass is 35.5. The lowest BCUT2D eigenvalue weighted by Gasteiger charge is -2.09. The number of aldehydes is 1. The molecular weight excluding hydrogens is 234 g/mol. The molecule has 0 saturated carbocycles. The van der Waals surface area contributed by atoms with E-state index in [1.165, 1.54) is 0 Å². The van der Waals surface area contributed by atoms with E-state index in [2.05, 4.69) is 0 Å². The zero-order valence-electron chi connectivity index (χ0n) is 9.19. The third-order valence-corrected chi connectivity index (χ3v) is 2.92. The first-order valence-electron chi connectivity index (χ1n) is 5.29. The number of nitrogens with two attached hydrogens (primary N) is 1. The van der Waals surface area contributed by atoms with E-state index in [1.807, 2.05) is 30.3 Å². The van der Waals surface area contributed by atoms with Crippen molar-refractivity contribution in [3.05, 3.63) is 53.1 Å². The van der Waals surface area contributed by atoms with Gasteiger partial charge >= 0.3 is 0 Å². The number of anilines is 1. The standard InChI is InChI=1S/C14H12ClNO/c15-14-9-11(16)5-6-13(14)12-4-2-1-3-10(12)7-8-17/h1-6,8-9H,7,16H2. The molecule has 2 nitrogen and oxygen atoms in total. The van der Waals surface area contributed by atoms with Crippen LogP contribution in [0.3, 0.4) is 0 Å². The first-order valence-corrected chi connectivity index (χ1v) is 5.67. The molecule has 17 heavy (non-hydrogen) atoms. The molecule has 0 aromatic heterocycles. The largest absolute Gasteiger partial charge is 0.399 e. The van der Waals surface area contributed by atoms with Crippen molar-refractivity contribution in [1.29, 1.82) is 0 Å². The Morgan fingerprint density at radius 2 is 1.88 bits per heavy atom. The fraction of sp³-hybridized carbons (Fsp3) is 0.0714. The smallest absolute Gasteiger partial charge is 0.124 e. The minimum atomic E-state index is 0.386. The summed E-state index contributed by atoms with van der Waals surface area (Å²) in [6.45, 7) is 0. The van der Waals surface area contributed by atoms with Gasteiger partial charge in [-0.2, -0.15) is 0 Å². The summed E-state index contributed by atoms with van der Waals surface area (Å²) in [5.74, 6) is 0. The Labute approximate surface area is 105 Å². The van der Waals surface area contributed by atoms with Crippen LogP contribution in [0.1, 0.15) is 5.56 Å². The van der Waals surface area contributed by atoms with Crippen LogP contribution in [0, 0.1) is 0 Å². The summed E-state index contributed by atoms with van der Waals surface area (Å²) in [7, 11) is 0. The van der Waals surface area contributed by atoms with Crippen molar-refractivity contribution in [3.8, 4) is 11.1 Å². The SMILES string of the molecule is Nc1ccc(-c2ccccc2CC=O)c(Cl)c1. The average molecular weight is 246 g/mol. The highest BCUT2D eigenvalue weighted by Crippen LogP contribution is 2.31. The van der Waals surface area contributed by atoms with Crippen LogP contribution in [0.4, 0.5) is 5.69 Å². The summed E-state index contributed by atoms with van der Waals surface area (Å²) >= 11 is 6.17. The van der Waals surface area contributed by atoms with Crippen LogP contribution in [0.2, 0.25) is 5.02 Å². The zero-order chi connectivity index (χ0) is 12.3. The highest BCUT2D eigenvalue weighted by Gasteiger charge is 2.07. The highest BCUT2D eigenvalue weighted by molar-refractivity contribution is 6.33. The van der Waals surface area contributed by atoms with Crippen LogP contribution in [-0.2, 0) is 11.2 Å².